The van der Waals surface area contributed by atoms with Gasteiger partial charge in [0.2, 0.25) is 0 Å². The third-order valence-corrected chi connectivity index (χ3v) is 6.91. The number of benzene rings is 3. The Labute approximate surface area is 165 Å². The molecule has 150 valence electrons. The molecule has 1 unspecified atom stereocenters. The van der Waals surface area contributed by atoms with E-state index in [-0.39, 0.29) is 0 Å². The first kappa shape index (κ1) is 19.3. The van der Waals surface area contributed by atoms with Crippen molar-refractivity contribution in [3.63, 3.8) is 0 Å². The highest BCUT2D eigenvalue weighted by atomic mass is 32.2. The number of phenols is 1. The standard InChI is InChI=1S/C21H16F3NO3S/c1-13-15-6-2-3-7-16(15)17-8-4-5-9-19(17)25(13)29(27,28)14-10-11-20(26)18(12-14)21(22,23)24/h2-13,26H,1H3. The number of para-hydroxylation sites is 1. The highest BCUT2D eigenvalue weighted by molar-refractivity contribution is 7.92. The number of halogens is 3. The smallest absolute Gasteiger partial charge is 0.419 e. The van der Waals surface area contributed by atoms with E-state index < -0.39 is 38.4 Å². The molecule has 1 aliphatic heterocycles. The fourth-order valence-electron chi connectivity index (χ4n) is 3.69. The van der Waals surface area contributed by atoms with Crippen LogP contribution in [0.2, 0.25) is 0 Å². The molecular weight excluding hydrogens is 403 g/mol. The average Bonchev–Trinajstić information content (AvgIpc) is 2.67. The molecule has 0 saturated heterocycles. The number of nitrogens with zero attached hydrogens (tertiary/aromatic N) is 1. The highest BCUT2D eigenvalue weighted by Gasteiger charge is 2.39. The maximum absolute atomic E-state index is 13.4. The van der Waals surface area contributed by atoms with E-state index in [0.717, 1.165) is 27.6 Å². The molecule has 0 spiro atoms. The molecule has 4 nitrogen and oxygen atoms in total. The number of hydrogen-bond acceptors (Lipinski definition) is 3. The Morgan fingerprint density at radius 2 is 1.55 bits per heavy atom. The van der Waals surface area contributed by atoms with Crippen molar-refractivity contribution in [3.05, 3.63) is 77.9 Å². The Hall–Kier alpha value is -3.00. The molecule has 1 N–H and O–H groups in total. The zero-order valence-electron chi connectivity index (χ0n) is 15.2. The van der Waals surface area contributed by atoms with Crippen molar-refractivity contribution in [1.29, 1.82) is 0 Å². The molecule has 0 radical (unpaired) electrons. The predicted octanol–water partition coefficient (Wildman–Crippen LogP) is 5.35. The van der Waals surface area contributed by atoms with Crippen LogP contribution in [-0.2, 0) is 16.2 Å². The Balaban J connectivity index is 1.93. The molecule has 1 atom stereocenters. The van der Waals surface area contributed by atoms with Gasteiger partial charge in [0, 0.05) is 5.56 Å². The number of anilines is 1. The van der Waals surface area contributed by atoms with Crippen molar-refractivity contribution in [3.8, 4) is 16.9 Å². The van der Waals surface area contributed by atoms with Gasteiger partial charge in [-0.15, -0.1) is 0 Å². The second-order valence-corrected chi connectivity index (χ2v) is 8.57. The number of aromatic hydroxyl groups is 1. The molecule has 0 amide bonds. The zero-order chi connectivity index (χ0) is 21.0. The van der Waals surface area contributed by atoms with Gasteiger partial charge in [0.15, 0.2) is 0 Å². The summed E-state index contributed by atoms with van der Waals surface area (Å²) in [5.74, 6) is -1.02. The first-order valence-electron chi connectivity index (χ1n) is 8.75. The van der Waals surface area contributed by atoms with E-state index in [2.05, 4.69) is 0 Å². The molecule has 3 aromatic carbocycles. The van der Waals surface area contributed by atoms with E-state index in [4.69, 9.17) is 0 Å². The maximum Gasteiger partial charge on any atom is 0.419 e. The van der Waals surface area contributed by atoms with Gasteiger partial charge in [0.05, 0.1) is 22.2 Å². The lowest BCUT2D eigenvalue weighted by molar-refractivity contribution is -0.138. The van der Waals surface area contributed by atoms with E-state index >= 15 is 0 Å². The summed E-state index contributed by atoms with van der Waals surface area (Å²) in [6, 6.07) is 15.8. The first-order valence-corrected chi connectivity index (χ1v) is 10.2. The van der Waals surface area contributed by atoms with Crippen LogP contribution in [0, 0.1) is 0 Å². The fraction of sp³-hybridized carbons (Fsp3) is 0.143. The molecule has 0 bridgehead atoms. The second-order valence-electron chi connectivity index (χ2n) is 6.76. The van der Waals surface area contributed by atoms with Crippen LogP contribution in [0.15, 0.2) is 71.6 Å². The van der Waals surface area contributed by atoms with Crippen LogP contribution in [0.25, 0.3) is 11.1 Å². The lowest BCUT2D eigenvalue weighted by atomic mass is 9.90. The van der Waals surface area contributed by atoms with Crippen LogP contribution in [-0.4, -0.2) is 13.5 Å². The van der Waals surface area contributed by atoms with Gasteiger partial charge in [-0.1, -0.05) is 42.5 Å². The molecule has 4 rings (SSSR count). The molecule has 29 heavy (non-hydrogen) atoms. The number of alkyl halides is 3. The van der Waals surface area contributed by atoms with E-state index in [9.17, 15) is 26.7 Å². The largest absolute Gasteiger partial charge is 0.507 e. The zero-order valence-corrected chi connectivity index (χ0v) is 16.0. The van der Waals surface area contributed by atoms with Gasteiger partial charge in [0.25, 0.3) is 10.0 Å². The van der Waals surface area contributed by atoms with E-state index in [1.54, 1.807) is 43.3 Å². The summed E-state index contributed by atoms with van der Waals surface area (Å²) < 4.78 is 67.6. The minimum absolute atomic E-state index is 0.389. The molecule has 0 aromatic heterocycles. The van der Waals surface area contributed by atoms with Crippen LogP contribution in [0.1, 0.15) is 24.1 Å². The summed E-state index contributed by atoms with van der Waals surface area (Å²) in [5, 5.41) is 9.56. The van der Waals surface area contributed by atoms with Crippen molar-refractivity contribution in [2.75, 3.05) is 4.31 Å². The first-order chi connectivity index (χ1) is 13.6. The minimum Gasteiger partial charge on any atom is -0.507 e. The van der Waals surface area contributed by atoms with E-state index in [1.165, 1.54) is 0 Å². The van der Waals surface area contributed by atoms with Gasteiger partial charge in [-0.25, -0.2) is 8.42 Å². The predicted molar refractivity (Wildman–Crippen MR) is 103 cm³/mol. The SMILES string of the molecule is CC1c2ccccc2-c2ccccc2N1S(=O)(=O)c1ccc(O)c(C(F)(F)F)c1. The van der Waals surface area contributed by atoms with Crippen LogP contribution in [0.4, 0.5) is 18.9 Å². The van der Waals surface area contributed by atoms with Crippen LogP contribution >= 0.6 is 0 Å². The lowest BCUT2D eigenvalue weighted by Gasteiger charge is -2.37. The van der Waals surface area contributed by atoms with Crippen LogP contribution in [0.5, 0.6) is 5.75 Å². The Morgan fingerprint density at radius 1 is 0.931 bits per heavy atom. The topological polar surface area (TPSA) is 57.6 Å². The molecule has 1 aliphatic rings. The molecule has 0 fully saturated rings. The minimum atomic E-state index is -4.88. The Morgan fingerprint density at radius 3 is 2.24 bits per heavy atom. The molecule has 0 aliphatic carbocycles. The fourth-order valence-corrected chi connectivity index (χ4v) is 5.37. The Bertz CT molecular complexity index is 1210. The highest BCUT2D eigenvalue weighted by Crippen LogP contribution is 2.47. The quantitative estimate of drug-likeness (QED) is 0.609. The van der Waals surface area contributed by atoms with Gasteiger partial charge in [-0.05, 0) is 42.3 Å². The van der Waals surface area contributed by atoms with Crippen LogP contribution < -0.4 is 4.31 Å². The van der Waals surface area contributed by atoms with Gasteiger partial charge in [-0.3, -0.25) is 4.31 Å². The van der Waals surface area contributed by atoms with Crippen molar-refractivity contribution in [2.45, 2.75) is 24.0 Å². The molecular formula is C21H16F3NO3S. The number of hydrogen-bond donors (Lipinski definition) is 1. The third kappa shape index (κ3) is 3.04. The second kappa shape index (κ2) is 6.52. The van der Waals surface area contributed by atoms with Crippen molar-refractivity contribution in [2.24, 2.45) is 0 Å². The van der Waals surface area contributed by atoms with E-state index in [0.29, 0.717) is 17.3 Å². The van der Waals surface area contributed by atoms with E-state index in [1.807, 2.05) is 12.1 Å². The van der Waals surface area contributed by atoms with Gasteiger partial charge in [-0.2, -0.15) is 13.2 Å². The number of rotatable bonds is 2. The van der Waals surface area contributed by atoms with Crippen LogP contribution in [0.3, 0.4) is 0 Å². The molecule has 1 heterocycles. The van der Waals surface area contributed by atoms with Crippen molar-refractivity contribution >= 4 is 15.7 Å². The van der Waals surface area contributed by atoms with Gasteiger partial charge in [0.1, 0.15) is 5.75 Å². The number of sulfonamides is 1. The lowest BCUT2D eigenvalue weighted by Crippen LogP contribution is -2.36. The monoisotopic (exact) mass is 419 g/mol. The average molecular weight is 419 g/mol. The number of phenolic OH excluding ortho intramolecular Hbond substituents is 1. The molecule has 8 heteroatoms. The van der Waals surface area contributed by atoms with Gasteiger partial charge >= 0.3 is 6.18 Å². The summed E-state index contributed by atoms with van der Waals surface area (Å²) >= 11 is 0. The molecule has 3 aromatic rings. The third-order valence-electron chi connectivity index (χ3n) is 5.02. The summed E-state index contributed by atoms with van der Waals surface area (Å²) in [5.41, 5.74) is 1.31. The summed E-state index contributed by atoms with van der Waals surface area (Å²) in [4.78, 5) is -0.538. The molecule has 0 saturated carbocycles. The summed E-state index contributed by atoms with van der Waals surface area (Å²) in [6.07, 6.45) is -4.88. The maximum atomic E-state index is 13.4. The normalized spacial score (nSPS) is 16.3. The van der Waals surface area contributed by atoms with Gasteiger partial charge < -0.3 is 5.11 Å². The Kier molecular flexibility index (Phi) is 4.34. The summed E-state index contributed by atoms with van der Waals surface area (Å²) in [6.45, 7) is 1.69. The summed E-state index contributed by atoms with van der Waals surface area (Å²) in [7, 11) is -4.34. The number of fused-ring (bicyclic) bond motifs is 3. The van der Waals surface area contributed by atoms with Crippen molar-refractivity contribution < 1.29 is 26.7 Å². The van der Waals surface area contributed by atoms with Crippen molar-refractivity contribution in [1.82, 2.24) is 0 Å².